The van der Waals surface area contributed by atoms with E-state index in [1.54, 1.807) is 0 Å². The number of fused-ring (bicyclic) bond motifs is 1. The molecule has 2 heterocycles. The van der Waals surface area contributed by atoms with Gasteiger partial charge in [-0.25, -0.2) is 0 Å². The van der Waals surface area contributed by atoms with Gasteiger partial charge >= 0.3 is 0 Å². The van der Waals surface area contributed by atoms with Gasteiger partial charge in [0.1, 0.15) is 6.10 Å². The molecule has 0 aliphatic carbocycles. The summed E-state index contributed by atoms with van der Waals surface area (Å²) in [6.45, 7) is 3.79. The number of aliphatic hydroxyl groups excluding tert-OH is 1. The van der Waals surface area contributed by atoms with Gasteiger partial charge in [-0.3, -0.25) is 0 Å². The molecule has 0 aromatic heterocycles. The Bertz CT molecular complexity index is 387. The van der Waals surface area contributed by atoms with Gasteiger partial charge in [-0.15, -0.1) is 13.0 Å². The lowest BCUT2D eigenvalue weighted by Crippen LogP contribution is -2.48. The van der Waals surface area contributed by atoms with Gasteiger partial charge in [0, 0.05) is 4.83 Å². The predicted octanol–water partition coefficient (Wildman–Crippen LogP) is 2.19. The van der Waals surface area contributed by atoms with E-state index in [0.717, 1.165) is 12.8 Å². The first kappa shape index (κ1) is 14.8. The Kier molecular flexibility index (Phi) is 5.23. The lowest BCUT2D eigenvalue weighted by Gasteiger charge is -2.40. The molecule has 3 nitrogen and oxygen atoms in total. The Morgan fingerprint density at radius 3 is 2.79 bits per heavy atom. The Morgan fingerprint density at radius 2 is 2.11 bits per heavy atom. The van der Waals surface area contributed by atoms with E-state index in [2.05, 4.69) is 34.5 Å². The van der Waals surface area contributed by atoms with Gasteiger partial charge in [0.25, 0.3) is 0 Å². The molecule has 4 heteroatoms. The summed E-state index contributed by atoms with van der Waals surface area (Å²) < 4.78 is 12.0. The van der Waals surface area contributed by atoms with Crippen molar-refractivity contribution in [1.29, 1.82) is 0 Å². The molecule has 2 aliphatic heterocycles. The van der Waals surface area contributed by atoms with E-state index in [9.17, 15) is 5.11 Å². The topological polar surface area (TPSA) is 38.7 Å². The van der Waals surface area contributed by atoms with Crippen molar-refractivity contribution in [2.24, 2.45) is 0 Å². The van der Waals surface area contributed by atoms with Gasteiger partial charge < -0.3 is 14.6 Å². The first-order valence-corrected chi connectivity index (χ1v) is 7.44. The third kappa shape index (κ3) is 3.49. The maximum absolute atomic E-state index is 9.79. The molecule has 0 spiro atoms. The van der Waals surface area contributed by atoms with Crippen LogP contribution in [0.25, 0.3) is 0 Å². The highest BCUT2D eigenvalue weighted by Gasteiger charge is 2.38. The van der Waals surface area contributed by atoms with Gasteiger partial charge in [0.15, 0.2) is 0 Å². The zero-order chi connectivity index (χ0) is 13.8. The normalized spacial score (nSPS) is 42.1. The summed E-state index contributed by atoms with van der Waals surface area (Å²) in [5.41, 5.74) is 0. The van der Waals surface area contributed by atoms with Crippen LogP contribution in [0.2, 0.25) is 0 Å². The second kappa shape index (κ2) is 6.71. The maximum Gasteiger partial charge on any atom is 0.140 e. The second-order valence-corrected chi connectivity index (χ2v) is 6.07. The van der Waals surface area contributed by atoms with Crippen LogP contribution >= 0.6 is 15.9 Å². The fraction of sp³-hybridized carbons (Fsp3) is 0.600. The fourth-order valence-electron chi connectivity index (χ4n) is 2.49. The lowest BCUT2D eigenvalue weighted by molar-refractivity contribution is -0.156. The minimum absolute atomic E-state index is 0.00585. The van der Waals surface area contributed by atoms with Gasteiger partial charge in [0.2, 0.25) is 0 Å². The fourth-order valence-corrected chi connectivity index (χ4v) is 3.20. The zero-order valence-corrected chi connectivity index (χ0v) is 12.3. The minimum Gasteiger partial charge on any atom is -0.378 e. The van der Waals surface area contributed by atoms with Crippen molar-refractivity contribution < 1.29 is 14.6 Å². The van der Waals surface area contributed by atoms with Crippen LogP contribution in [0.1, 0.15) is 19.3 Å². The summed E-state index contributed by atoms with van der Waals surface area (Å²) in [4.78, 5) is 0.179. The summed E-state index contributed by atoms with van der Waals surface area (Å²) in [5.74, 6) is 2.34. The highest BCUT2D eigenvalue weighted by molar-refractivity contribution is 9.09. The highest BCUT2D eigenvalue weighted by atomic mass is 79.9. The molecular formula is C15H19BrO3. The monoisotopic (exact) mass is 326 g/mol. The number of aliphatic hydroxyl groups is 1. The summed E-state index contributed by atoms with van der Waals surface area (Å²) in [5, 5.41) is 9.79. The Balaban J connectivity index is 2.11. The molecule has 1 fully saturated rings. The number of halogens is 1. The molecular weight excluding hydrogens is 308 g/mol. The average Bonchev–Trinajstić information content (AvgIpc) is 2.39. The maximum atomic E-state index is 9.79. The summed E-state index contributed by atoms with van der Waals surface area (Å²) in [6.07, 6.45) is 12.1. The number of hydrogen-bond acceptors (Lipinski definition) is 3. The van der Waals surface area contributed by atoms with Gasteiger partial charge in [-0.1, -0.05) is 40.1 Å². The third-order valence-electron chi connectivity index (χ3n) is 3.57. The number of ether oxygens (including phenoxy) is 2. The second-order valence-electron chi connectivity index (χ2n) is 4.89. The van der Waals surface area contributed by atoms with Crippen LogP contribution in [0.3, 0.4) is 0 Å². The smallest absolute Gasteiger partial charge is 0.140 e. The third-order valence-corrected chi connectivity index (χ3v) is 4.46. The molecule has 0 radical (unpaired) electrons. The Hall–Kier alpha value is -0.600. The summed E-state index contributed by atoms with van der Waals surface area (Å²) >= 11 is 3.60. The quantitative estimate of drug-likeness (QED) is 0.480. The van der Waals surface area contributed by atoms with E-state index in [1.165, 1.54) is 0 Å². The number of terminal acetylenes is 1. The minimum atomic E-state index is -0.880. The van der Waals surface area contributed by atoms with Crippen LogP contribution in [-0.4, -0.2) is 40.5 Å². The van der Waals surface area contributed by atoms with Gasteiger partial charge in [-0.05, 0) is 19.3 Å². The molecule has 6 atom stereocenters. The van der Waals surface area contributed by atoms with Crippen LogP contribution in [0.4, 0.5) is 0 Å². The molecule has 1 saturated heterocycles. The van der Waals surface area contributed by atoms with Crippen LogP contribution < -0.4 is 0 Å². The van der Waals surface area contributed by atoms with E-state index in [0.29, 0.717) is 6.42 Å². The molecule has 104 valence electrons. The zero-order valence-electron chi connectivity index (χ0n) is 10.7. The summed E-state index contributed by atoms with van der Waals surface area (Å²) in [7, 11) is 0. The molecule has 2 aliphatic rings. The van der Waals surface area contributed by atoms with Crippen molar-refractivity contribution in [3.8, 4) is 12.3 Å². The molecule has 2 rings (SSSR count). The highest BCUT2D eigenvalue weighted by Crippen LogP contribution is 2.32. The predicted molar refractivity (Wildman–Crippen MR) is 78.1 cm³/mol. The molecule has 0 unspecified atom stereocenters. The Labute approximate surface area is 122 Å². The number of alkyl halides is 1. The van der Waals surface area contributed by atoms with Crippen molar-refractivity contribution >= 4 is 15.9 Å². The van der Waals surface area contributed by atoms with Crippen molar-refractivity contribution in [3.05, 3.63) is 24.8 Å². The molecule has 19 heavy (non-hydrogen) atoms. The molecule has 0 saturated carbocycles. The van der Waals surface area contributed by atoms with Crippen LogP contribution in [0.5, 0.6) is 0 Å². The van der Waals surface area contributed by atoms with Crippen LogP contribution in [-0.2, 0) is 9.47 Å². The molecule has 1 N–H and O–H groups in total. The molecule has 0 aromatic carbocycles. The molecule has 0 bridgehead atoms. The first-order valence-electron chi connectivity index (χ1n) is 6.52. The largest absolute Gasteiger partial charge is 0.378 e. The van der Waals surface area contributed by atoms with Crippen molar-refractivity contribution in [1.82, 2.24) is 0 Å². The average molecular weight is 327 g/mol. The van der Waals surface area contributed by atoms with Crippen molar-refractivity contribution in [2.45, 2.75) is 54.6 Å². The van der Waals surface area contributed by atoms with Crippen LogP contribution in [0, 0.1) is 12.3 Å². The number of rotatable bonds is 2. The van der Waals surface area contributed by atoms with Crippen LogP contribution in [0.15, 0.2) is 24.8 Å². The molecule has 0 aromatic rings. The van der Waals surface area contributed by atoms with E-state index in [-0.39, 0.29) is 29.2 Å². The summed E-state index contributed by atoms with van der Waals surface area (Å²) in [6, 6.07) is 0. The van der Waals surface area contributed by atoms with Crippen molar-refractivity contribution in [2.75, 3.05) is 0 Å². The SMILES string of the molecule is C#C[C@@H](O)[C@H]1C/C=C\C[C@@H]2O[C@H](C=C)[C@@H](Br)C[C@@H]2O1. The van der Waals surface area contributed by atoms with E-state index in [1.807, 2.05) is 12.2 Å². The van der Waals surface area contributed by atoms with E-state index >= 15 is 0 Å². The first-order chi connectivity index (χ1) is 9.15. The van der Waals surface area contributed by atoms with Gasteiger partial charge in [0.05, 0.1) is 24.4 Å². The molecule has 0 amide bonds. The van der Waals surface area contributed by atoms with E-state index < -0.39 is 6.10 Å². The lowest BCUT2D eigenvalue weighted by atomic mass is 9.96. The Morgan fingerprint density at radius 1 is 1.37 bits per heavy atom. The van der Waals surface area contributed by atoms with Gasteiger partial charge in [-0.2, -0.15) is 0 Å². The standard InChI is InChI=1S/C15H19BrO3/c1-3-11(17)13-7-5-6-8-14-15(19-13)9-10(16)12(4-2)18-14/h1,4-6,10-15,17H,2,7-9H2/b6-5-/t10-,11+,12+,13+,14-,15-/m0/s1. The van der Waals surface area contributed by atoms with Crippen molar-refractivity contribution in [3.63, 3.8) is 0 Å². The van der Waals surface area contributed by atoms with E-state index in [4.69, 9.17) is 15.9 Å². The number of hydrogen-bond donors (Lipinski definition) is 1.